The molecule has 4 heteroatoms. The summed E-state index contributed by atoms with van der Waals surface area (Å²) in [4.78, 5) is 4.52. The van der Waals surface area contributed by atoms with Gasteiger partial charge in [0.2, 0.25) is 5.90 Å². The summed E-state index contributed by atoms with van der Waals surface area (Å²) in [6.45, 7) is 10.1. The quantitative estimate of drug-likeness (QED) is 0.817. The minimum absolute atomic E-state index is 0.282. The molecule has 0 bridgehead atoms. The van der Waals surface area contributed by atoms with E-state index in [0.717, 1.165) is 12.5 Å². The maximum atomic E-state index is 5.57. The molecule has 0 aromatic carbocycles. The molecule has 17 heavy (non-hydrogen) atoms. The van der Waals surface area contributed by atoms with Crippen LogP contribution in [0.4, 0.5) is 0 Å². The van der Waals surface area contributed by atoms with Crippen molar-refractivity contribution < 1.29 is 9.47 Å². The summed E-state index contributed by atoms with van der Waals surface area (Å²) in [6, 6.07) is 0.674. The molecule has 1 N–H and O–H groups in total. The lowest BCUT2D eigenvalue weighted by atomic mass is 10.1. The summed E-state index contributed by atoms with van der Waals surface area (Å²) in [5, 5.41) is 3.34. The Morgan fingerprint density at radius 2 is 1.94 bits per heavy atom. The molecule has 0 saturated carbocycles. The van der Waals surface area contributed by atoms with Crippen LogP contribution in [0.3, 0.4) is 0 Å². The summed E-state index contributed by atoms with van der Waals surface area (Å²) in [5.74, 6) is 2.56. The van der Waals surface area contributed by atoms with Crippen LogP contribution < -0.4 is 5.32 Å². The zero-order valence-corrected chi connectivity index (χ0v) is 11.1. The van der Waals surface area contributed by atoms with E-state index in [1.54, 1.807) is 0 Å². The highest BCUT2D eigenvalue weighted by molar-refractivity contribution is 5.89. The smallest absolute Gasteiger partial charge is 0.214 e. The molecule has 0 amide bonds. The predicted octanol–water partition coefficient (Wildman–Crippen LogP) is 1.93. The number of nitrogens with zero attached hydrogens (tertiary/aromatic N) is 1. The van der Waals surface area contributed by atoms with E-state index < -0.39 is 0 Å². The lowest BCUT2D eigenvalue weighted by Crippen LogP contribution is -2.28. The number of hydrogen-bond acceptors (Lipinski definition) is 4. The first kappa shape index (κ1) is 12.3. The van der Waals surface area contributed by atoms with E-state index in [9.17, 15) is 0 Å². The molecule has 2 aliphatic rings. The predicted molar refractivity (Wildman–Crippen MR) is 67.8 cm³/mol. The molecule has 1 fully saturated rings. The van der Waals surface area contributed by atoms with E-state index in [4.69, 9.17) is 9.47 Å². The highest BCUT2D eigenvalue weighted by atomic mass is 16.5. The van der Waals surface area contributed by atoms with Gasteiger partial charge in [-0.15, -0.1) is 0 Å². The Morgan fingerprint density at radius 3 is 2.47 bits per heavy atom. The first-order chi connectivity index (χ1) is 8.06. The second-order valence-electron chi connectivity index (χ2n) is 5.40. The molecule has 4 nitrogen and oxygen atoms in total. The van der Waals surface area contributed by atoms with Crippen molar-refractivity contribution in [2.24, 2.45) is 16.8 Å². The van der Waals surface area contributed by atoms with Crippen LogP contribution in [0.15, 0.2) is 17.0 Å². The van der Waals surface area contributed by atoms with Crippen LogP contribution in [0, 0.1) is 11.8 Å². The van der Waals surface area contributed by atoms with Gasteiger partial charge in [0.15, 0.2) is 5.88 Å². The molecule has 2 atom stereocenters. The average Bonchev–Trinajstić information content (AvgIpc) is 2.87. The van der Waals surface area contributed by atoms with Crippen LogP contribution >= 0.6 is 0 Å². The summed E-state index contributed by atoms with van der Waals surface area (Å²) < 4.78 is 11.1. The van der Waals surface area contributed by atoms with E-state index in [2.05, 4.69) is 38.0 Å². The number of hydrogen-bond donors (Lipinski definition) is 1. The number of ether oxygens (including phenoxy) is 2. The molecule has 0 radical (unpaired) electrons. The van der Waals surface area contributed by atoms with Crippen LogP contribution in [0.1, 0.15) is 27.7 Å². The Hall–Kier alpha value is -1.19. The minimum atomic E-state index is 0.282. The van der Waals surface area contributed by atoms with Crippen LogP contribution in [0.25, 0.3) is 0 Å². The lowest BCUT2D eigenvalue weighted by molar-refractivity contribution is 0.243. The fourth-order valence-electron chi connectivity index (χ4n) is 1.83. The van der Waals surface area contributed by atoms with Crippen molar-refractivity contribution in [1.82, 2.24) is 5.32 Å². The third-order valence-electron chi connectivity index (χ3n) is 3.27. The number of aliphatic imine (C=N–C) groups is 1. The summed E-state index contributed by atoms with van der Waals surface area (Å²) in [5.41, 5.74) is 0. The van der Waals surface area contributed by atoms with E-state index in [-0.39, 0.29) is 6.04 Å². The maximum Gasteiger partial charge on any atom is 0.214 e. The standard InChI is InChI=1S/C13H22N2O2/c1-8(2)10-6-16-12(14-10)5-13-15-11(7-17-13)9(3)4/h5,8-11,14H,6-7H2,1-4H3/b12-5+/t10-,11-/m1/s1. The van der Waals surface area contributed by atoms with Gasteiger partial charge in [0.25, 0.3) is 0 Å². The van der Waals surface area contributed by atoms with Crippen LogP contribution in [0.5, 0.6) is 0 Å². The zero-order chi connectivity index (χ0) is 12.4. The van der Waals surface area contributed by atoms with Crippen molar-refractivity contribution in [3.8, 4) is 0 Å². The minimum Gasteiger partial charge on any atom is -0.477 e. The van der Waals surface area contributed by atoms with Gasteiger partial charge in [0.1, 0.15) is 13.2 Å². The fourth-order valence-corrected chi connectivity index (χ4v) is 1.83. The molecule has 2 rings (SSSR count). The molecular formula is C13H22N2O2. The van der Waals surface area contributed by atoms with E-state index in [1.807, 2.05) is 6.08 Å². The molecule has 1 saturated heterocycles. The van der Waals surface area contributed by atoms with Gasteiger partial charge in [0, 0.05) is 0 Å². The van der Waals surface area contributed by atoms with E-state index >= 15 is 0 Å². The lowest BCUT2D eigenvalue weighted by Gasteiger charge is -2.10. The van der Waals surface area contributed by atoms with Gasteiger partial charge in [-0.3, -0.25) is 0 Å². The van der Waals surface area contributed by atoms with Crippen LogP contribution in [0.2, 0.25) is 0 Å². The van der Waals surface area contributed by atoms with E-state index in [1.165, 1.54) is 0 Å². The van der Waals surface area contributed by atoms with Crippen molar-refractivity contribution in [2.75, 3.05) is 13.2 Å². The third-order valence-corrected chi connectivity index (χ3v) is 3.27. The summed E-state index contributed by atoms with van der Waals surface area (Å²) in [7, 11) is 0. The zero-order valence-electron chi connectivity index (χ0n) is 11.1. The second kappa shape index (κ2) is 4.98. The Labute approximate surface area is 103 Å². The van der Waals surface area contributed by atoms with Gasteiger partial charge in [-0.05, 0) is 11.8 Å². The topological polar surface area (TPSA) is 42.8 Å². The largest absolute Gasteiger partial charge is 0.477 e. The number of rotatable bonds is 3. The molecule has 2 heterocycles. The second-order valence-corrected chi connectivity index (χ2v) is 5.40. The maximum absolute atomic E-state index is 5.57. The first-order valence-corrected chi connectivity index (χ1v) is 6.38. The van der Waals surface area contributed by atoms with E-state index in [0.29, 0.717) is 30.4 Å². The van der Waals surface area contributed by atoms with Crippen molar-refractivity contribution in [3.05, 3.63) is 12.0 Å². The van der Waals surface area contributed by atoms with Gasteiger partial charge in [-0.1, -0.05) is 27.7 Å². The van der Waals surface area contributed by atoms with Crippen LogP contribution in [-0.4, -0.2) is 31.2 Å². The SMILES string of the molecule is CC(C)[C@H]1COC(/C=C2\N[C@@H](C(C)C)CO2)=N1. The monoisotopic (exact) mass is 238 g/mol. The molecule has 0 spiro atoms. The molecule has 0 aromatic heterocycles. The highest BCUT2D eigenvalue weighted by Crippen LogP contribution is 2.17. The highest BCUT2D eigenvalue weighted by Gasteiger charge is 2.25. The molecule has 96 valence electrons. The molecule has 0 unspecified atom stereocenters. The van der Waals surface area contributed by atoms with Gasteiger partial charge in [-0.2, -0.15) is 0 Å². The Balaban J connectivity index is 1.95. The average molecular weight is 238 g/mol. The Kier molecular flexibility index (Phi) is 3.60. The molecule has 0 aromatic rings. The fraction of sp³-hybridized carbons (Fsp3) is 0.769. The van der Waals surface area contributed by atoms with Gasteiger partial charge in [-0.25, -0.2) is 4.99 Å². The molecule has 0 aliphatic carbocycles. The summed E-state index contributed by atoms with van der Waals surface area (Å²) >= 11 is 0. The molecular weight excluding hydrogens is 216 g/mol. The molecule has 2 aliphatic heterocycles. The van der Waals surface area contributed by atoms with Crippen molar-refractivity contribution in [1.29, 1.82) is 0 Å². The van der Waals surface area contributed by atoms with Crippen molar-refractivity contribution >= 4 is 5.90 Å². The number of nitrogens with one attached hydrogen (secondary N) is 1. The summed E-state index contributed by atoms with van der Waals surface area (Å²) in [6.07, 6.45) is 1.87. The third kappa shape index (κ3) is 2.93. The van der Waals surface area contributed by atoms with Gasteiger partial charge in [0.05, 0.1) is 18.2 Å². The van der Waals surface area contributed by atoms with Gasteiger partial charge >= 0.3 is 0 Å². The Bertz CT molecular complexity index is 334. The van der Waals surface area contributed by atoms with Crippen LogP contribution in [-0.2, 0) is 9.47 Å². The van der Waals surface area contributed by atoms with Crippen molar-refractivity contribution in [3.63, 3.8) is 0 Å². The Morgan fingerprint density at radius 1 is 1.18 bits per heavy atom. The normalized spacial score (nSPS) is 30.5. The first-order valence-electron chi connectivity index (χ1n) is 6.38. The van der Waals surface area contributed by atoms with Gasteiger partial charge < -0.3 is 14.8 Å². The van der Waals surface area contributed by atoms with Crippen molar-refractivity contribution in [2.45, 2.75) is 39.8 Å².